The van der Waals surface area contributed by atoms with Gasteiger partial charge in [0.1, 0.15) is 0 Å². The summed E-state index contributed by atoms with van der Waals surface area (Å²) in [6.07, 6.45) is 0. The van der Waals surface area contributed by atoms with Crippen LogP contribution in [0.3, 0.4) is 0 Å². The Morgan fingerprint density at radius 2 is 1.96 bits per heavy atom. The van der Waals surface area contributed by atoms with Crippen molar-refractivity contribution in [2.45, 2.75) is 12.6 Å². The van der Waals surface area contributed by atoms with Gasteiger partial charge >= 0.3 is 0 Å². The number of methoxy groups -OCH3 is 2. The maximum Gasteiger partial charge on any atom is 0.161 e. The molecule has 24 heavy (non-hydrogen) atoms. The zero-order valence-corrected chi connectivity index (χ0v) is 14.8. The molecule has 1 heterocycles. The number of hydrogen-bond acceptors (Lipinski definition) is 4. The van der Waals surface area contributed by atoms with E-state index >= 15 is 0 Å². The normalized spacial score (nSPS) is 18.4. The van der Waals surface area contributed by atoms with Crippen LogP contribution in [0.15, 0.2) is 42.5 Å². The van der Waals surface area contributed by atoms with E-state index in [0.717, 1.165) is 42.7 Å². The minimum absolute atomic E-state index is 0.311. The molecule has 1 unspecified atom stereocenters. The summed E-state index contributed by atoms with van der Waals surface area (Å²) in [5.74, 6) is 1.53. The fraction of sp³-hybridized carbons (Fsp3) is 0.368. The van der Waals surface area contributed by atoms with Crippen LogP contribution >= 0.6 is 11.6 Å². The van der Waals surface area contributed by atoms with Crippen molar-refractivity contribution < 1.29 is 9.47 Å². The van der Waals surface area contributed by atoms with E-state index in [1.165, 1.54) is 11.1 Å². The first-order valence-electron chi connectivity index (χ1n) is 8.12. The van der Waals surface area contributed by atoms with Gasteiger partial charge in [-0.1, -0.05) is 29.8 Å². The monoisotopic (exact) mass is 346 g/mol. The van der Waals surface area contributed by atoms with Gasteiger partial charge in [-0.3, -0.25) is 4.90 Å². The molecule has 4 nitrogen and oxygen atoms in total. The van der Waals surface area contributed by atoms with Gasteiger partial charge in [0.15, 0.2) is 11.5 Å². The Labute approximate surface area is 148 Å². The van der Waals surface area contributed by atoms with E-state index in [9.17, 15) is 0 Å². The zero-order chi connectivity index (χ0) is 16.9. The maximum atomic E-state index is 6.18. The average molecular weight is 347 g/mol. The van der Waals surface area contributed by atoms with Crippen molar-refractivity contribution in [2.24, 2.45) is 0 Å². The number of piperazine rings is 1. The first-order valence-corrected chi connectivity index (χ1v) is 8.50. The van der Waals surface area contributed by atoms with Gasteiger partial charge in [0.25, 0.3) is 0 Å². The van der Waals surface area contributed by atoms with Crippen LogP contribution in [0.1, 0.15) is 17.2 Å². The van der Waals surface area contributed by atoms with E-state index in [0.29, 0.717) is 6.04 Å². The van der Waals surface area contributed by atoms with Gasteiger partial charge in [-0.25, -0.2) is 0 Å². The second-order valence-corrected chi connectivity index (χ2v) is 6.37. The molecule has 1 aliphatic rings. The van der Waals surface area contributed by atoms with E-state index in [2.05, 4.69) is 34.5 Å². The fourth-order valence-electron chi connectivity index (χ4n) is 3.19. The van der Waals surface area contributed by atoms with Crippen LogP contribution in [0.4, 0.5) is 0 Å². The minimum Gasteiger partial charge on any atom is -0.493 e. The molecule has 1 atom stereocenters. The molecule has 0 radical (unpaired) electrons. The quantitative estimate of drug-likeness (QED) is 0.898. The Kier molecular flexibility index (Phi) is 5.61. The molecule has 128 valence electrons. The molecule has 0 amide bonds. The molecule has 1 N–H and O–H groups in total. The van der Waals surface area contributed by atoms with E-state index < -0.39 is 0 Å². The number of benzene rings is 2. The first kappa shape index (κ1) is 17.1. The molecule has 5 heteroatoms. The molecule has 0 aromatic heterocycles. The Morgan fingerprint density at radius 3 is 2.71 bits per heavy atom. The highest BCUT2D eigenvalue weighted by Crippen LogP contribution is 2.30. The highest BCUT2D eigenvalue weighted by atomic mass is 35.5. The zero-order valence-electron chi connectivity index (χ0n) is 14.1. The second kappa shape index (κ2) is 7.88. The molecule has 0 bridgehead atoms. The lowest BCUT2D eigenvalue weighted by atomic mass is 10.0. The largest absolute Gasteiger partial charge is 0.493 e. The fourth-order valence-corrected chi connectivity index (χ4v) is 3.39. The molecule has 0 spiro atoms. The number of ether oxygens (including phenoxy) is 2. The van der Waals surface area contributed by atoms with Crippen LogP contribution in [-0.2, 0) is 6.54 Å². The van der Waals surface area contributed by atoms with Gasteiger partial charge in [0.2, 0.25) is 0 Å². The van der Waals surface area contributed by atoms with Crippen LogP contribution in [0.5, 0.6) is 11.5 Å². The highest BCUT2D eigenvalue weighted by molar-refractivity contribution is 6.30. The van der Waals surface area contributed by atoms with E-state index in [4.69, 9.17) is 21.1 Å². The van der Waals surface area contributed by atoms with Gasteiger partial charge in [-0.15, -0.1) is 0 Å². The Balaban J connectivity index is 1.81. The summed E-state index contributed by atoms with van der Waals surface area (Å²) in [4.78, 5) is 2.48. The molecular formula is C19H23ClN2O2. The first-order chi connectivity index (χ1) is 11.7. The summed E-state index contributed by atoms with van der Waals surface area (Å²) in [6.45, 7) is 3.77. The van der Waals surface area contributed by atoms with Crippen molar-refractivity contribution in [2.75, 3.05) is 33.9 Å². The lowest BCUT2D eigenvalue weighted by Crippen LogP contribution is -2.45. The Hall–Kier alpha value is -1.75. The maximum absolute atomic E-state index is 6.18. The Bertz CT molecular complexity index is 693. The highest BCUT2D eigenvalue weighted by Gasteiger charge is 2.24. The van der Waals surface area contributed by atoms with E-state index in [-0.39, 0.29) is 0 Å². The van der Waals surface area contributed by atoms with Crippen LogP contribution < -0.4 is 14.8 Å². The summed E-state index contributed by atoms with van der Waals surface area (Å²) in [6, 6.07) is 14.6. The van der Waals surface area contributed by atoms with Crippen molar-refractivity contribution >= 4 is 11.6 Å². The smallest absolute Gasteiger partial charge is 0.161 e. The molecule has 1 saturated heterocycles. The summed E-state index contributed by atoms with van der Waals surface area (Å²) in [7, 11) is 3.32. The van der Waals surface area contributed by atoms with Crippen LogP contribution in [-0.4, -0.2) is 38.8 Å². The number of hydrogen-bond donors (Lipinski definition) is 1. The number of rotatable bonds is 5. The molecule has 1 fully saturated rings. The third-order valence-corrected chi connectivity index (χ3v) is 4.66. The van der Waals surface area contributed by atoms with Crippen molar-refractivity contribution in [3.63, 3.8) is 0 Å². The predicted octanol–water partition coefficient (Wildman–Crippen LogP) is 3.50. The average Bonchev–Trinajstić information content (AvgIpc) is 2.62. The molecule has 3 rings (SSSR count). The van der Waals surface area contributed by atoms with E-state index in [1.807, 2.05) is 18.2 Å². The van der Waals surface area contributed by atoms with Gasteiger partial charge in [0.05, 0.1) is 14.2 Å². The van der Waals surface area contributed by atoms with Crippen molar-refractivity contribution in [1.82, 2.24) is 10.2 Å². The van der Waals surface area contributed by atoms with Gasteiger partial charge in [-0.2, -0.15) is 0 Å². The molecule has 1 aliphatic heterocycles. The standard InChI is InChI=1S/C19H23ClN2O2/c1-23-18-7-6-14(10-19(18)24-2)13-22-9-8-21-12-17(22)15-4-3-5-16(20)11-15/h3-7,10-11,17,21H,8-9,12-13H2,1-2H3. The lowest BCUT2D eigenvalue weighted by Gasteiger charge is -2.36. The molecular weight excluding hydrogens is 324 g/mol. The summed E-state index contributed by atoms with van der Waals surface area (Å²) < 4.78 is 10.7. The predicted molar refractivity (Wildman–Crippen MR) is 97.0 cm³/mol. The summed E-state index contributed by atoms with van der Waals surface area (Å²) in [5, 5.41) is 4.26. The number of nitrogens with one attached hydrogen (secondary N) is 1. The topological polar surface area (TPSA) is 33.7 Å². The van der Waals surface area contributed by atoms with E-state index in [1.54, 1.807) is 14.2 Å². The van der Waals surface area contributed by atoms with Crippen LogP contribution in [0.25, 0.3) is 0 Å². The van der Waals surface area contributed by atoms with Gasteiger partial charge in [0, 0.05) is 37.2 Å². The molecule has 0 aliphatic carbocycles. The third-order valence-electron chi connectivity index (χ3n) is 4.42. The summed E-state index contributed by atoms with van der Waals surface area (Å²) in [5.41, 5.74) is 2.46. The Morgan fingerprint density at radius 1 is 1.12 bits per heavy atom. The lowest BCUT2D eigenvalue weighted by molar-refractivity contribution is 0.153. The third kappa shape index (κ3) is 3.83. The molecule has 0 saturated carbocycles. The second-order valence-electron chi connectivity index (χ2n) is 5.93. The SMILES string of the molecule is COc1ccc(CN2CCNCC2c2cccc(Cl)c2)cc1OC. The van der Waals surface area contributed by atoms with Crippen molar-refractivity contribution in [3.8, 4) is 11.5 Å². The molecule has 2 aromatic rings. The van der Waals surface area contributed by atoms with Crippen LogP contribution in [0, 0.1) is 0 Å². The van der Waals surface area contributed by atoms with Crippen molar-refractivity contribution in [1.29, 1.82) is 0 Å². The van der Waals surface area contributed by atoms with Gasteiger partial charge in [-0.05, 0) is 35.4 Å². The van der Waals surface area contributed by atoms with Crippen LogP contribution in [0.2, 0.25) is 5.02 Å². The van der Waals surface area contributed by atoms with Gasteiger partial charge < -0.3 is 14.8 Å². The van der Waals surface area contributed by atoms with Crippen molar-refractivity contribution in [3.05, 3.63) is 58.6 Å². The summed E-state index contributed by atoms with van der Waals surface area (Å²) >= 11 is 6.18. The molecule has 2 aromatic carbocycles. The number of nitrogens with zero attached hydrogens (tertiary/aromatic N) is 1. The number of halogens is 1. The minimum atomic E-state index is 0.311.